The number of hydrogen-bond acceptors (Lipinski definition) is 3. The lowest BCUT2D eigenvalue weighted by Gasteiger charge is -2.17. The predicted octanol–water partition coefficient (Wildman–Crippen LogP) is 1.33. The fraction of sp³-hybridized carbons (Fsp3) is 0.467. The highest BCUT2D eigenvalue weighted by Gasteiger charge is 2.21. The molecule has 0 radical (unpaired) electrons. The lowest BCUT2D eigenvalue weighted by Crippen LogP contribution is -2.41. The summed E-state index contributed by atoms with van der Waals surface area (Å²) in [5, 5.41) is 5.95. The molecule has 0 bridgehead atoms. The number of nitrogens with zero attached hydrogens (tertiary/aromatic N) is 1. The monoisotopic (exact) mass is 311 g/mol. The number of carbonyl (C=O) groups is 2. The van der Waals surface area contributed by atoms with Crippen LogP contribution >= 0.6 is 12.4 Å². The van der Waals surface area contributed by atoms with Crippen molar-refractivity contribution in [1.29, 1.82) is 0 Å². The molecule has 6 heteroatoms. The molecule has 1 fully saturated rings. The van der Waals surface area contributed by atoms with Gasteiger partial charge in [0.05, 0.1) is 6.04 Å². The van der Waals surface area contributed by atoms with Crippen molar-refractivity contribution in [1.82, 2.24) is 10.6 Å². The second-order valence-electron chi connectivity index (χ2n) is 4.98. The number of rotatable bonds is 5. The van der Waals surface area contributed by atoms with Crippen molar-refractivity contribution in [2.24, 2.45) is 0 Å². The molecule has 0 saturated carbocycles. The highest BCUT2D eigenvalue weighted by atomic mass is 35.5. The largest absolute Gasteiger partial charge is 0.354 e. The lowest BCUT2D eigenvalue weighted by molar-refractivity contribution is -0.123. The van der Waals surface area contributed by atoms with E-state index in [9.17, 15) is 9.59 Å². The highest BCUT2D eigenvalue weighted by molar-refractivity contribution is 5.93. The number of benzene rings is 1. The molecular weight excluding hydrogens is 290 g/mol. The summed E-state index contributed by atoms with van der Waals surface area (Å²) in [6.45, 7) is 1.28. The van der Waals surface area contributed by atoms with Crippen molar-refractivity contribution in [3.63, 3.8) is 0 Å². The van der Waals surface area contributed by atoms with Crippen molar-refractivity contribution >= 4 is 29.9 Å². The van der Waals surface area contributed by atoms with E-state index in [1.807, 2.05) is 30.3 Å². The first-order valence-electron chi connectivity index (χ1n) is 7.01. The maximum absolute atomic E-state index is 12.0. The third-order valence-electron chi connectivity index (χ3n) is 3.53. The zero-order chi connectivity index (χ0) is 14.4. The summed E-state index contributed by atoms with van der Waals surface area (Å²) in [5.74, 6) is -0.00598. The van der Waals surface area contributed by atoms with Crippen LogP contribution in [0.15, 0.2) is 30.3 Å². The molecule has 2 amide bonds. The van der Waals surface area contributed by atoms with Gasteiger partial charge in [0.1, 0.15) is 0 Å². The smallest absolute Gasteiger partial charge is 0.237 e. The fourth-order valence-corrected chi connectivity index (χ4v) is 2.29. The molecule has 2 N–H and O–H groups in total. The molecule has 5 nitrogen and oxygen atoms in total. The third-order valence-corrected chi connectivity index (χ3v) is 3.53. The number of carbonyl (C=O) groups excluding carboxylic acids is 2. The van der Waals surface area contributed by atoms with Crippen LogP contribution in [0.3, 0.4) is 0 Å². The zero-order valence-corrected chi connectivity index (χ0v) is 13.0. The normalized spacial score (nSPS) is 16.9. The van der Waals surface area contributed by atoms with Gasteiger partial charge in [-0.2, -0.15) is 0 Å². The molecule has 0 aliphatic carbocycles. The van der Waals surface area contributed by atoms with Gasteiger partial charge in [-0.1, -0.05) is 18.2 Å². The first-order chi connectivity index (χ1) is 9.68. The standard InChI is InChI=1S/C15H21N3O2.ClH/c1-18(12-6-3-2-4-7-12)14(19)9-11-17-15(20)13-8-5-10-16-13;/h2-4,6-7,13,16H,5,8-11H2,1H3,(H,17,20);1H. The van der Waals surface area contributed by atoms with Gasteiger partial charge < -0.3 is 15.5 Å². The Hall–Kier alpha value is -1.59. The molecule has 0 aromatic heterocycles. The van der Waals surface area contributed by atoms with Gasteiger partial charge in [-0.15, -0.1) is 12.4 Å². The number of para-hydroxylation sites is 1. The Balaban J connectivity index is 0.00000220. The Morgan fingerprint density at radius 3 is 2.67 bits per heavy atom. The summed E-state index contributed by atoms with van der Waals surface area (Å²) in [6.07, 6.45) is 2.22. The third kappa shape index (κ3) is 5.02. The van der Waals surface area contributed by atoms with Crippen LogP contribution in [0, 0.1) is 0 Å². The van der Waals surface area contributed by atoms with Gasteiger partial charge in [0, 0.05) is 25.7 Å². The summed E-state index contributed by atoms with van der Waals surface area (Å²) < 4.78 is 0. The van der Waals surface area contributed by atoms with E-state index in [0.717, 1.165) is 25.1 Å². The van der Waals surface area contributed by atoms with Crippen LogP contribution in [-0.4, -0.2) is 38.0 Å². The Morgan fingerprint density at radius 2 is 2.05 bits per heavy atom. The van der Waals surface area contributed by atoms with E-state index in [0.29, 0.717) is 13.0 Å². The van der Waals surface area contributed by atoms with Gasteiger partial charge >= 0.3 is 0 Å². The van der Waals surface area contributed by atoms with Crippen LogP contribution in [0.5, 0.6) is 0 Å². The van der Waals surface area contributed by atoms with Gasteiger partial charge in [-0.05, 0) is 31.5 Å². The summed E-state index contributed by atoms with van der Waals surface area (Å²) in [6, 6.07) is 9.39. The van der Waals surface area contributed by atoms with E-state index in [1.165, 1.54) is 0 Å². The molecule has 1 heterocycles. The second kappa shape index (κ2) is 8.64. The Labute approximate surface area is 131 Å². The highest BCUT2D eigenvalue weighted by Crippen LogP contribution is 2.11. The molecule has 1 aromatic carbocycles. The SMILES string of the molecule is CN(C(=O)CCNC(=O)C1CCCN1)c1ccccc1.Cl. The summed E-state index contributed by atoms with van der Waals surface area (Å²) in [5.41, 5.74) is 0.862. The minimum absolute atomic E-state index is 0. The Bertz CT molecular complexity index is 461. The molecule has 1 aliphatic rings. The van der Waals surface area contributed by atoms with E-state index in [-0.39, 0.29) is 30.3 Å². The number of halogens is 1. The van der Waals surface area contributed by atoms with E-state index >= 15 is 0 Å². The van der Waals surface area contributed by atoms with Crippen LogP contribution in [0.25, 0.3) is 0 Å². The van der Waals surface area contributed by atoms with Crippen LogP contribution in [0.4, 0.5) is 5.69 Å². The van der Waals surface area contributed by atoms with Crippen LogP contribution in [0.2, 0.25) is 0 Å². The summed E-state index contributed by atoms with van der Waals surface area (Å²) >= 11 is 0. The molecule has 1 atom stereocenters. The minimum Gasteiger partial charge on any atom is -0.354 e. The Kier molecular flexibility index (Phi) is 7.19. The molecule has 21 heavy (non-hydrogen) atoms. The van der Waals surface area contributed by atoms with Crippen molar-refractivity contribution < 1.29 is 9.59 Å². The van der Waals surface area contributed by atoms with Crippen molar-refractivity contribution in [2.45, 2.75) is 25.3 Å². The molecule has 0 spiro atoms. The molecule has 2 rings (SSSR count). The van der Waals surface area contributed by atoms with E-state index in [2.05, 4.69) is 10.6 Å². The molecule has 1 aliphatic heterocycles. The first kappa shape index (κ1) is 17.5. The van der Waals surface area contributed by atoms with E-state index in [1.54, 1.807) is 11.9 Å². The molecule has 1 saturated heterocycles. The molecule has 1 unspecified atom stereocenters. The number of amides is 2. The fourth-order valence-electron chi connectivity index (χ4n) is 2.29. The molecule has 116 valence electrons. The number of anilines is 1. The van der Waals surface area contributed by atoms with Crippen LogP contribution < -0.4 is 15.5 Å². The van der Waals surface area contributed by atoms with Gasteiger partial charge in [0.15, 0.2) is 0 Å². The average Bonchev–Trinajstić information content (AvgIpc) is 3.01. The van der Waals surface area contributed by atoms with Crippen molar-refractivity contribution in [2.75, 3.05) is 25.0 Å². The number of hydrogen-bond donors (Lipinski definition) is 2. The Morgan fingerprint density at radius 1 is 1.33 bits per heavy atom. The van der Waals surface area contributed by atoms with Crippen LogP contribution in [0.1, 0.15) is 19.3 Å². The van der Waals surface area contributed by atoms with Gasteiger partial charge in [0.2, 0.25) is 11.8 Å². The van der Waals surface area contributed by atoms with Crippen molar-refractivity contribution in [3.8, 4) is 0 Å². The topological polar surface area (TPSA) is 61.4 Å². The second-order valence-corrected chi connectivity index (χ2v) is 4.98. The molecule has 1 aromatic rings. The minimum atomic E-state index is -0.0862. The van der Waals surface area contributed by atoms with Gasteiger partial charge in [-0.3, -0.25) is 9.59 Å². The summed E-state index contributed by atoms with van der Waals surface area (Å²) in [4.78, 5) is 25.4. The van der Waals surface area contributed by atoms with Crippen LogP contribution in [-0.2, 0) is 9.59 Å². The maximum atomic E-state index is 12.0. The van der Waals surface area contributed by atoms with E-state index < -0.39 is 0 Å². The van der Waals surface area contributed by atoms with Gasteiger partial charge in [0.25, 0.3) is 0 Å². The predicted molar refractivity (Wildman–Crippen MR) is 85.8 cm³/mol. The summed E-state index contributed by atoms with van der Waals surface area (Å²) in [7, 11) is 1.75. The maximum Gasteiger partial charge on any atom is 0.237 e. The van der Waals surface area contributed by atoms with Crippen molar-refractivity contribution in [3.05, 3.63) is 30.3 Å². The first-order valence-corrected chi connectivity index (χ1v) is 7.01. The van der Waals surface area contributed by atoms with Gasteiger partial charge in [-0.25, -0.2) is 0 Å². The van der Waals surface area contributed by atoms with E-state index in [4.69, 9.17) is 0 Å². The molecular formula is C15H22ClN3O2. The number of nitrogens with one attached hydrogen (secondary N) is 2. The lowest BCUT2D eigenvalue weighted by atomic mass is 10.2. The average molecular weight is 312 g/mol. The quantitative estimate of drug-likeness (QED) is 0.862. The zero-order valence-electron chi connectivity index (χ0n) is 12.2.